The Kier molecular flexibility index (Phi) is 72.4. The van der Waals surface area contributed by atoms with Crippen molar-refractivity contribution in [2.75, 3.05) is 264 Å². The van der Waals surface area contributed by atoms with Gasteiger partial charge in [0.1, 0.15) is 18.7 Å². The number of fused-ring (bicyclic) bond motifs is 3. The van der Waals surface area contributed by atoms with E-state index in [0.29, 0.717) is 249 Å². The number of alkyl carbamates (subject to hydrolysis) is 1. The van der Waals surface area contributed by atoms with Gasteiger partial charge < -0.3 is 141 Å². The maximum Gasteiger partial charge on any atom is 0.407 e. The van der Waals surface area contributed by atoms with E-state index < -0.39 is 30.3 Å². The van der Waals surface area contributed by atoms with Crippen LogP contribution in [0.25, 0.3) is 11.1 Å². The Morgan fingerprint density at radius 2 is 0.569 bits per heavy atom. The molecule has 2 aromatic rings. The first-order chi connectivity index (χ1) is 63.8. The van der Waals surface area contributed by atoms with Crippen molar-refractivity contribution in [2.45, 2.75) is 197 Å². The fourth-order valence-electron chi connectivity index (χ4n) is 14.2. The van der Waals surface area contributed by atoms with Crippen LogP contribution in [0.3, 0.4) is 0 Å². The van der Waals surface area contributed by atoms with Crippen LogP contribution < -0.4 is 60.2 Å². The van der Waals surface area contributed by atoms with E-state index in [2.05, 4.69) is 61.5 Å². The lowest BCUT2D eigenvalue weighted by atomic mass is 9.87. The van der Waals surface area contributed by atoms with Crippen molar-refractivity contribution in [1.29, 1.82) is 0 Å². The summed E-state index contributed by atoms with van der Waals surface area (Å²) >= 11 is 0. The highest BCUT2D eigenvalue weighted by molar-refractivity contribution is 5.91. The number of unbranched alkanes of at least 4 members (excludes halogenated alkanes) is 4. The van der Waals surface area contributed by atoms with Gasteiger partial charge in [-0.2, -0.15) is 0 Å². The second-order valence-electron chi connectivity index (χ2n) is 31.6. The van der Waals surface area contributed by atoms with E-state index in [9.17, 15) is 43.2 Å². The largest absolute Gasteiger partial charge is 0.449 e. The molecule has 744 valence electrons. The van der Waals surface area contributed by atoms with E-state index in [1.807, 2.05) is 24.3 Å². The van der Waals surface area contributed by atoms with Crippen molar-refractivity contribution >= 4 is 53.1 Å². The minimum absolute atomic E-state index is 0.00352. The smallest absolute Gasteiger partial charge is 0.407 e. The molecule has 0 saturated heterocycles. The molecule has 2 aliphatic rings. The Labute approximate surface area is 771 Å². The maximum atomic E-state index is 13.5. The van der Waals surface area contributed by atoms with Gasteiger partial charge in [-0.1, -0.05) is 87.1 Å². The lowest BCUT2D eigenvalue weighted by molar-refractivity contribution is -0.131. The van der Waals surface area contributed by atoms with Crippen LogP contribution in [0.5, 0.6) is 0 Å². The van der Waals surface area contributed by atoms with Crippen LogP contribution in [0.2, 0.25) is 0 Å². The Hall–Kier alpha value is -6.93. The van der Waals surface area contributed by atoms with Crippen molar-refractivity contribution in [1.82, 2.24) is 37.2 Å². The molecule has 1 fully saturated rings. The minimum Gasteiger partial charge on any atom is -0.449 e. The monoisotopic (exact) mass is 1850 g/mol. The van der Waals surface area contributed by atoms with Crippen LogP contribution in [-0.2, 0) is 119 Å². The van der Waals surface area contributed by atoms with E-state index in [1.165, 1.54) is 24.0 Å². The molecule has 130 heavy (non-hydrogen) atoms. The summed E-state index contributed by atoms with van der Waals surface area (Å²) in [5.41, 5.74) is 27.5. The van der Waals surface area contributed by atoms with Gasteiger partial charge in [0.05, 0.1) is 217 Å². The van der Waals surface area contributed by atoms with Crippen LogP contribution in [0.15, 0.2) is 48.5 Å². The van der Waals surface area contributed by atoms with Gasteiger partial charge in [0.15, 0.2) is 11.6 Å². The minimum atomic E-state index is -0.733. The topological polar surface area (TPSA) is 499 Å². The fourth-order valence-corrected chi connectivity index (χ4v) is 14.2. The molecule has 37 heteroatoms. The van der Waals surface area contributed by atoms with Gasteiger partial charge in [-0.3, -0.25) is 38.4 Å². The number of ether oxygens (including phenoxy) is 17. The number of Topliss-reactive ketones (excluding diaryl/α,β-unsaturated/α-hetero) is 2. The first-order valence-corrected chi connectivity index (χ1v) is 47.7. The zero-order chi connectivity index (χ0) is 93.3. The number of amides is 7. The molecule has 1 saturated carbocycles. The fraction of sp³-hybridized carbons (Fsp3) is 0.774. The summed E-state index contributed by atoms with van der Waals surface area (Å²) in [6.07, 6.45) is 17.0. The van der Waals surface area contributed by atoms with E-state index in [-0.39, 0.29) is 170 Å². The summed E-state index contributed by atoms with van der Waals surface area (Å²) in [7, 11) is 0. The number of ketones is 2. The van der Waals surface area contributed by atoms with Gasteiger partial charge in [-0.15, -0.1) is 0 Å². The molecular weight excluding hydrogens is 1690 g/mol. The van der Waals surface area contributed by atoms with Gasteiger partial charge in [-0.25, -0.2) is 4.79 Å². The molecule has 0 aromatic heterocycles. The third kappa shape index (κ3) is 59.6. The highest BCUT2D eigenvalue weighted by atomic mass is 16.6. The van der Waals surface area contributed by atoms with Crippen LogP contribution in [0, 0.1) is 5.92 Å². The summed E-state index contributed by atoms with van der Waals surface area (Å²) in [5.74, 6) is -1.65. The maximum absolute atomic E-state index is 13.5. The number of carbonyl (C=O) groups is 9. The van der Waals surface area contributed by atoms with Crippen LogP contribution in [0.4, 0.5) is 4.79 Å². The Balaban J connectivity index is 0.874. The molecule has 37 nitrogen and oxygen atoms in total. The lowest BCUT2D eigenvalue weighted by Crippen LogP contribution is -2.47. The number of hydrogen-bond donors (Lipinski definition) is 11. The average Bonchev–Trinajstić information content (AvgIpc) is 1.61. The molecule has 15 N–H and O–H groups in total. The SMILES string of the molecule is NCCCCC(NC(=O)CCOCCOCCOCCOCCNC(=O)C(CCCCN)NC(=O)CCOCCOCCOCCOCCNC(=O)OCC1c2ccccc2-c2ccccc21)C(=O)CCCOCCOCCOCCOCCC(=O)NC(CCCCN)C(=O)NCCOCCOCCOCCOCCC(=O)NC(CCCCN)C(=O)C1CCCCCCCC1. The molecule has 0 aliphatic heterocycles. The summed E-state index contributed by atoms with van der Waals surface area (Å²) in [4.78, 5) is 117. The van der Waals surface area contributed by atoms with Gasteiger partial charge in [0.25, 0.3) is 0 Å². The predicted octanol–water partition coefficient (Wildman–Crippen LogP) is 4.71. The second-order valence-corrected chi connectivity index (χ2v) is 31.6. The third-order valence-corrected chi connectivity index (χ3v) is 21.3. The molecule has 0 spiro atoms. The quantitative estimate of drug-likeness (QED) is 0.0399. The number of rotatable bonds is 88. The van der Waals surface area contributed by atoms with Gasteiger partial charge in [-0.05, 0) is 145 Å². The van der Waals surface area contributed by atoms with Crippen LogP contribution in [0.1, 0.15) is 184 Å². The second kappa shape index (κ2) is 81.6. The highest BCUT2D eigenvalue weighted by Crippen LogP contribution is 2.44. The summed E-state index contributed by atoms with van der Waals surface area (Å²) < 4.78 is 95.1. The highest BCUT2D eigenvalue weighted by Gasteiger charge is 2.31. The van der Waals surface area contributed by atoms with Crippen LogP contribution >= 0.6 is 0 Å². The number of hydrogen-bond acceptors (Lipinski definition) is 30. The Morgan fingerprint density at radius 1 is 0.292 bits per heavy atom. The summed E-state index contributed by atoms with van der Waals surface area (Å²) in [6.45, 7) is 12.6. The Morgan fingerprint density at radius 3 is 0.915 bits per heavy atom. The summed E-state index contributed by atoms with van der Waals surface area (Å²) in [5, 5.41) is 19.9. The normalized spacial score (nSPS) is 13.8. The van der Waals surface area contributed by atoms with Crippen molar-refractivity contribution in [2.24, 2.45) is 28.9 Å². The first kappa shape index (κ1) is 115. The molecule has 4 rings (SSSR count). The molecular formula is C93H161N11O26. The lowest BCUT2D eigenvalue weighted by Gasteiger charge is -2.23. The molecule has 0 radical (unpaired) electrons. The molecule has 2 aromatic carbocycles. The van der Waals surface area contributed by atoms with Crippen molar-refractivity contribution in [3.05, 3.63) is 59.7 Å². The first-order valence-electron chi connectivity index (χ1n) is 47.7. The standard InChI is InChI=1S/C93H161N11O26/c94-35-15-11-26-81(85(105)30-19-42-114-50-58-122-66-67-123-61-53-117-45-33-88(108)103-83(28-13-17-37-96)91(111)99-40-48-120-56-64-128-72-69-125-60-52-116-44-32-87(107)102-82(27-12-16-36-95)90(110)75-20-5-3-1-2-4-6-21-75)101-86(106)31-43-115-51-59-124-68-71-127-63-55-119-47-39-98-92(112)84(29-14-18-38-97)104-89(109)34-46-118-54-62-126-70-73-129-65-57-121-49-41-100-93(113)130-74-80-78-24-9-7-22-76(78)77-23-8-10-25-79(77)80/h7-10,22-25,75,80-84H,1-6,11-21,26-74,94-97H2,(H,98,112)(H,99,111)(H,100,113)(H,101,106)(H,102,107)(H,103,108)(H,104,109). The van der Waals surface area contributed by atoms with E-state index in [0.717, 1.165) is 68.9 Å². The zero-order valence-electron chi connectivity index (χ0n) is 77.7. The molecule has 4 atom stereocenters. The molecule has 0 heterocycles. The van der Waals surface area contributed by atoms with Crippen molar-refractivity contribution < 1.29 is 124 Å². The van der Waals surface area contributed by atoms with Crippen molar-refractivity contribution in [3.63, 3.8) is 0 Å². The molecule has 2 aliphatic carbocycles. The van der Waals surface area contributed by atoms with Gasteiger partial charge >= 0.3 is 6.09 Å². The van der Waals surface area contributed by atoms with Gasteiger partial charge in [0, 0.05) is 70.2 Å². The number of nitrogens with two attached hydrogens (primary N) is 4. The summed E-state index contributed by atoms with van der Waals surface area (Å²) in [6, 6.07) is 13.8. The predicted molar refractivity (Wildman–Crippen MR) is 490 cm³/mol. The average molecular weight is 1850 g/mol. The number of nitrogens with one attached hydrogen (secondary N) is 7. The van der Waals surface area contributed by atoms with E-state index >= 15 is 0 Å². The van der Waals surface area contributed by atoms with Crippen LogP contribution in [-0.4, -0.2) is 341 Å². The number of benzene rings is 2. The van der Waals surface area contributed by atoms with Crippen molar-refractivity contribution in [3.8, 4) is 11.1 Å². The molecule has 7 amide bonds. The molecule has 0 bridgehead atoms. The van der Waals surface area contributed by atoms with E-state index in [4.69, 9.17) is 103 Å². The Bertz CT molecular complexity index is 3180. The third-order valence-electron chi connectivity index (χ3n) is 21.3. The van der Waals surface area contributed by atoms with Gasteiger partial charge in [0.2, 0.25) is 35.4 Å². The zero-order valence-corrected chi connectivity index (χ0v) is 77.7. The molecule has 4 unspecified atom stereocenters. The van der Waals surface area contributed by atoms with E-state index in [1.54, 1.807) is 0 Å². The number of carbonyl (C=O) groups excluding carboxylic acids is 9.